The fraction of sp³-hybridized carbons (Fsp3) is 0.812. The molecule has 3 nitrogen and oxygen atoms in total. The molecular formula is C16H30N2O. The van der Waals surface area contributed by atoms with Crippen molar-refractivity contribution in [2.75, 3.05) is 13.1 Å². The molecular weight excluding hydrogens is 236 g/mol. The van der Waals surface area contributed by atoms with Gasteiger partial charge in [-0.05, 0) is 37.3 Å². The van der Waals surface area contributed by atoms with Crippen LogP contribution < -0.4 is 5.32 Å². The Morgan fingerprint density at radius 1 is 1.37 bits per heavy atom. The summed E-state index contributed by atoms with van der Waals surface area (Å²) in [5, 5.41) is 3.31. The molecule has 1 N–H and O–H groups in total. The van der Waals surface area contributed by atoms with Gasteiger partial charge in [-0.3, -0.25) is 0 Å². The van der Waals surface area contributed by atoms with Gasteiger partial charge < -0.3 is 9.73 Å². The number of oxazole rings is 1. The maximum absolute atomic E-state index is 5.81. The number of hydrogen-bond donors (Lipinski definition) is 1. The minimum atomic E-state index is 0.383. The molecule has 0 bridgehead atoms. The fourth-order valence-electron chi connectivity index (χ4n) is 2.56. The highest BCUT2D eigenvalue weighted by molar-refractivity contribution is 4.96. The fourth-order valence-corrected chi connectivity index (χ4v) is 2.56. The second-order valence-corrected chi connectivity index (χ2v) is 6.75. The van der Waals surface area contributed by atoms with Gasteiger partial charge in [-0.25, -0.2) is 4.98 Å². The smallest absolute Gasteiger partial charge is 0.194 e. The molecule has 1 atom stereocenters. The highest BCUT2D eigenvalue weighted by atomic mass is 16.4. The first-order chi connectivity index (χ1) is 8.90. The van der Waals surface area contributed by atoms with E-state index < -0.39 is 0 Å². The molecule has 0 saturated heterocycles. The van der Waals surface area contributed by atoms with Crippen molar-refractivity contribution < 1.29 is 4.42 Å². The molecule has 0 aliphatic rings. The Bertz CT molecular complexity index is 352. The standard InChI is InChI=1S/C16H30N2O/c1-6-17-9-7-8-15-18-12-14(19-15)10-13(2)11-16(3,4)5/h12-13,17H,6-11H2,1-5H3. The van der Waals surface area contributed by atoms with Gasteiger partial charge in [-0.15, -0.1) is 0 Å². The summed E-state index contributed by atoms with van der Waals surface area (Å²) < 4.78 is 5.81. The Kier molecular flexibility index (Phi) is 6.56. The Morgan fingerprint density at radius 2 is 2.11 bits per heavy atom. The maximum Gasteiger partial charge on any atom is 0.194 e. The second-order valence-electron chi connectivity index (χ2n) is 6.75. The van der Waals surface area contributed by atoms with Gasteiger partial charge in [0.25, 0.3) is 0 Å². The molecule has 0 saturated carbocycles. The van der Waals surface area contributed by atoms with Crippen LogP contribution in [0.3, 0.4) is 0 Å². The molecule has 0 spiro atoms. The molecule has 0 aromatic carbocycles. The topological polar surface area (TPSA) is 38.1 Å². The van der Waals surface area contributed by atoms with Crippen molar-refractivity contribution in [1.82, 2.24) is 10.3 Å². The van der Waals surface area contributed by atoms with Gasteiger partial charge in [0.2, 0.25) is 0 Å². The van der Waals surface area contributed by atoms with E-state index in [2.05, 4.69) is 44.9 Å². The molecule has 1 aromatic rings. The number of nitrogens with one attached hydrogen (secondary N) is 1. The van der Waals surface area contributed by atoms with Gasteiger partial charge in [0.15, 0.2) is 5.89 Å². The average Bonchev–Trinajstić information content (AvgIpc) is 2.69. The van der Waals surface area contributed by atoms with E-state index in [1.165, 1.54) is 6.42 Å². The van der Waals surface area contributed by atoms with Crippen molar-refractivity contribution in [3.05, 3.63) is 17.8 Å². The molecule has 1 aromatic heterocycles. The minimum Gasteiger partial charge on any atom is -0.446 e. The predicted octanol–water partition coefficient (Wildman–Crippen LogP) is 3.83. The molecule has 1 unspecified atom stereocenters. The zero-order valence-electron chi connectivity index (χ0n) is 13.3. The SMILES string of the molecule is CCNCCCc1ncc(CC(C)CC(C)(C)C)o1. The third kappa shape index (κ3) is 7.36. The lowest BCUT2D eigenvalue weighted by Crippen LogP contribution is -2.14. The molecule has 0 aliphatic carbocycles. The van der Waals surface area contributed by atoms with Crippen molar-refractivity contribution in [2.45, 2.75) is 60.3 Å². The molecule has 1 rings (SSSR count). The van der Waals surface area contributed by atoms with Gasteiger partial charge in [0, 0.05) is 12.8 Å². The number of aromatic nitrogens is 1. The van der Waals surface area contributed by atoms with Gasteiger partial charge >= 0.3 is 0 Å². The third-order valence-electron chi connectivity index (χ3n) is 3.11. The Labute approximate surface area is 118 Å². The highest BCUT2D eigenvalue weighted by Gasteiger charge is 2.17. The van der Waals surface area contributed by atoms with Crippen LogP contribution in [0, 0.1) is 11.3 Å². The van der Waals surface area contributed by atoms with Crippen LogP contribution in [0.2, 0.25) is 0 Å². The van der Waals surface area contributed by atoms with E-state index in [1.54, 1.807) is 0 Å². The van der Waals surface area contributed by atoms with Crippen molar-refractivity contribution in [2.24, 2.45) is 11.3 Å². The lowest BCUT2D eigenvalue weighted by molar-refractivity contribution is 0.294. The number of nitrogens with zero attached hydrogens (tertiary/aromatic N) is 1. The predicted molar refractivity (Wildman–Crippen MR) is 80.3 cm³/mol. The van der Waals surface area contributed by atoms with E-state index in [-0.39, 0.29) is 0 Å². The molecule has 19 heavy (non-hydrogen) atoms. The Morgan fingerprint density at radius 3 is 2.74 bits per heavy atom. The zero-order chi connectivity index (χ0) is 14.3. The Hall–Kier alpha value is -0.830. The van der Waals surface area contributed by atoms with Crippen LogP contribution in [0.4, 0.5) is 0 Å². The van der Waals surface area contributed by atoms with E-state index >= 15 is 0 Å². The van der Waals surface area contributed by atoms with Gasteiger partial charge in [0.1, 0.15) is 5.76 Å². The quantitative estimate of drug-likeness (QED) is 0.727. The summed E-state index contributed by atoms with van der Waals surface area (Å²) in [7, 11) is 0. The molecule has 0 amide bonds. The highest BCUT2D eigenvalue weighted by Crippen LogP contribution is 2.26. The monoisotopic (exact) mass is 266 g/mol. The molecule has 110 valence electrons. The zero-order valence-corrected chi connectivity index (χ0v) is 13.3. The summed E-state index contributed by atoms with van der Waals surface area (Å²) in [6.07, 6.45) is 6.13. The van der Waals surface area contributed by atoms with Crippen LogP contribution in [0.25, 0.3) is 0 Å². The largest absolute Gasteiger partial charge is 0.446 e. The van der Waals surface area contributed by atoms with Gasteiger partial charge in [0.05, 0.1) is 6.20 Å². The summed E-state index contributed by atoms with van der Waals surface area (Å²) in [6, 6.07) is 0. The summed E-state index contributed by atoms with van der Waals surface area (Å²) in [5.41, 5.74) is 0.383. The van der Waals surface area contributed by atoms with Crippen molar-refractivity contribution in [3.63, 3.8) is 0 Å². The molecule has 1 heterocycles. The molecule has 3 heteroatoms. The second kappa shape index (κ2) is 7.68. The van der Waals surface area contributed by atoms with Crippen LogP contribution in [0.5, 0.6) is 0 Å². The van der Waals surface area contributed by atoms with E-state index in [0.29, 0.717) is 11.3 Å². The van der Waals surface area contributed by atoms with Crippen LogP contribution in [0.1, 0.15) is 59.1 Å². The van der Waals surface area contributed by atoms with E-state index in [9.17, 15) is 0 Å². The molecule has 0 radical (unpaired) electrons. The average molecular weight is 266 g/mol. The first kappa shape index (κ1) is 16.2. The first-order valence-corrected chi connectivity index (χ1v) is 7.55. The summed E-state index contributed by atoms with van der Waals surface area (Å²) in [4.78, 5) is 4.37. The van der Waals surface area contributed by atoms with Crippen molar-refractivity contribution in [3.8, 4) is 0 Å². The van der Waals surface area contributed by atoms with Crippen LogP contribution in [-0.2, 0) is 12.8 Å². The van der Waals surface area contributed by atoms with E-state index in [1.807, 2.05) is 6.20 Å². The van der Waals surface area contributed by atoms with Crippen LogP contribution in [0.15, 0.2) is 10.6 Å². The van der Waals surface area contributed by atoms with Gasteiger partial charge in [-0.1, -0.05) is 34.6 Å². The number of aryl methyl sites for hydroxylation is 1. The van der Waals surface area contributed by atoms with Crippen molar-refractivity contribution in [1.29, 1.82) is 0 Å². The third-order valence-corrected chi connectivity index (χ3v) is 3.11. The van der Waals surface area contributed by atoms with Gasteiger partial charge in [-0.2, -0.15) is 0 Å². The summed E-state index contributed by atoms with van der Waals surface area (Å²) >= 11 is 0. The normalized spacial score (nSPS) is 13.7. The number of rotatable bonds is 8. The first-order valence-electron chi connectivity index (χ1n) is 7.55. The Balaban J connectivity index is 2.33. The van der Waals surface area contributed by atoms with Crippen LogP contribution in [-0.4, -0.2) is 18.1 Å². The lowest BCUT2D eigenvalue weighted by Gasteiger charge is -2.22. The van der Waals surface area contributed by atoms with Crippen LogP contribution >= 0.6 is 0 Å². The van der Waals surface area contributed by atoms with E-state index in [4.69, 9.17) is 4.42 Å². The summed E-state index contributed by atoms with van der Waals surface area (Å²) in [5.74, 6) is 2.56. The maximum atomic E-state index is 5.81. The minimum absolute atomic E-state index is 0.383. The van der Waals surface area contributed by atoms with Crippen molar-refractivity contribution >= 4 is 0 Å². The molecule has 0 aliphatic heterocycles. The van der Waals surface area contributed by atoms with E-state index in [0.717, 1.165) is 44.0 Å². The lowest BCUT2D eigenvalue weighted by atomic mass is 9.84. The molecule has 0 fully saturated rings. The number of hydrogen-bond acceptors (Lipinski definition) is 3. The summed E-state index contributed by atoms with van der Waals surface area (Å²) in [6.45, 7) is 13.3.